The fraction of sp³-hybridized carbons (Fsp3) is 0.435. The van der Waals surface area contributed by atoms with Crippen LogP contribution in [0.15, 0.2) is 48.5 Å². The molecule has 4 atom stereocenters. The first kappa shape index (κ1) is 23.7. The molecule has 0 aromatic heterocycles. The van der Waals surface area contributed by atoms with Gasteiger partial charge in [-0.25, -0.2) is 9.18 Å². The minimum atomic E-state index is -0.879. The third-order valence-corrected chi connectivity index (χ3v) is 6.35. The fourth-order valence-corrected chi connectivity index (χ4v) is 4.65. The zero-order valence-electron chi connectivity index (χ0n) is 18.0. The standard InChI is InChI=1S/C23H28ClFN4O4/c24-15-2-1-3-17(12-15)27-23(32)26-13-19-21(22(31)20(14-30)33-19)29-10-8-28(9-11-29)18-6-4-16(25)5-7-18/h1-7,12,19-22,30-31H,8-11,13-14H2,(H2,26,27,32)/t19-,20-,21-,22+/m0/s1. The molecule has 178 valence electrons. The maximum Gasteiger partial charge on any atom is 0.319 e. The Kier molecular flexibility index (Phi) is 7.67. The molecule has 4 rings (SSSR count). The summed E-state index contributed by atoms with van der Waals surface area (Å²) < 4.78 is 19.1. The lowest BCUT2D eigenvalue weighted by Crippen LogP contribution is -2.57. The number of carbonyl (C=O) groups excluding carboxylic acids is 1. The second-order valence-corrected chi connectivity index (χ2v) is 8.66. The van der Waals surface area contributed by atoms with E-state index in [9.17, 15) is 19.4 Å². The van der Waals surface area contributed by atoms with Gasteiger partial charge in [-0.2, -0.15) is 0 Å². The highest BCUT2D eigenvalue weighted by atomic mass is 35.5. The number of hydrogen-bond donors (Lipinski definition) is 4. The normalized spacial score (nSPS) is 25.8. The highest BCUT2D eigenvalue weighted by molar-refractivity contribution is 6.30. The van der Waals surface area contributed by atoms with Gasteiger partial charge in [0.2, 0.25) is 0 Å². The molecule has 33 heavy (non-hydrogen) atoms. The van der Waals surface area contributed by atoms with Gasteiger partial charge in [0.25, 0.3) is 0 Å². The first-order chi connectivity index (χ1) is 15.9. The molecule has 0 radical (unpaired) electrons. The largest absolute Gasteiger partial charge is 0.394 e. The summed E-state index contributed by atoms with van der Waals surface area (Å²) >= 11 is 5.95. The molecule has 2 aromatic rings. The number of halogens is 2. The summed E-state index contributed by atoms with van der Waals surface area (Å²) in [5.74, 6) is -0.270. The van der Waals surface area contributed by atoms with Crippen molar-refractivity contribution in [3.63, 3.8) is 0 Å². The van der Waals surface area contributed by atoms with E-state index in [2.05, 4.69) is 20.4 Å². The Morgan fingerprint density at radius 3 is 2.52 bits per heavy atom. The number of carbonyl (C=O) groups is 1. The predicted octanol–water partition coefficient (Wildman–Crippen LogP) is 1.91. The van der Waals surface area contributed by atoms with E-state index in [0.29, 0.717) is 36.9 Å². The number of ether oxygens (including phenoxy) is 1. The zero-order chi connectivity index (χ0) is 23.4. The van der Waals surface area contributed by atoms with Crippen molar-refractivity contribution in [2.24, 2.45) is 0 Å². The third kappa shape index (κ3) is 5.74. The molecule has 0 aliphatic carbocycles. The van der Waals surface area contributed by atoms with E-state index < -0.39 is 24.3 Å². The van der Waals surface area contributed by atoms with Gasteiger partial charge in [0.1, 0.15) is 18.0 Å². The number of rotatable bonds is 6. The first-order valence-electron chi connectivity index (χ1n) is 10.9. The van der Waals surface area contributed by atoms with Crippen LogP contribution in [0.5, 0.6) is 0 Å². The summed E-state index contributed by atoms with van der Waals surface area (Å²) in [6.07, 6.45) is -2.08. The summed E-state index contributed by atoms with van der Waals surface area (Å²) in [5, 5.41) is 26.4. The molecular weight excluding hydrogens is 451 g/mol. The van der Waals surface area contributed by atoms with Gasteiger partial charge in [0.05, 0.1) is 18.8 Å². The van der Waals surface area contributed by atoms with Crippen LogP contribution < -0.4 is 15.5 Å². The van der Waals surface area contributed by atoms with E-state index in [-0.39, 0.29) is 25.0 Å². The molecule has 2 heterocycles. The van der Waals surface area contributed by atoms with Gasteiger partial charge in [-0.05, 0) is 42.5 Å². The lowest BCUT2D eigenvalue weighted by atomic mass is 10.0. The van der Waals surface area contributed by atoms with Gasteiger partial charge in [0, 0.05) is 49.1 Å². The van der Waals surface area contributed by atoms with Gasteiger partial charge < -0.3 is 30.5 Å². The molecule has 2 aliphatic heterocycles. The quantitative estimate of drug-likeness (QED) is 0.506. The van der Waals surface area contributed by atoms with E-state index in [1.165, 1.54) is 12.1 Å². The maximum absolute atomic E-state index is 13.2. The second-order valence-electron chi connectivity index (χ2n) is 8.22. The second kappa shape index (κ2) is 10.7. The van der Waals surface area contributed by atoms with Crippen molar-refractivity contribution >= 4 is 29.0 Å². The first-order valence-corrected chi connectivity index (χ1v) is 11.3. The molecule has 2 amide bonds. The molecule has 0 saturated carbocycles. The Morgan fingerprint density at radius 2 is 1.85 bits per heavy atom. The summed E-state index contributed by atoms with van der Waals surface area (Å²) in [4.78, 5) is 16.6. The molecule has 4 N–H and O–H groups in total. The summed E-state index contributed by atoms with van der Waals surface area (Å²) in [5.41, 5.74) is 1.51. The minimum absolute atomic E-state index is 0.169. The predicted molar refractivity (Wildman–Crippen MR) is 124 cm³/mol. The van der Waals surface area contributed by atoms with Gasteiger partial charge in [-0.15, -0.1) is 0 Å². The number of hydrogen-bond acceptors (Lipinski definition) is 6. The van der Waals surface area contributed by atoms with Crippen LogP contribution in [0.1, 0.15) is 0 Å². The number of urea groups is 1. The number of aliphatic hydroxyl groups excluding tert-OH is 2. The van der Waals surface area contributed by atoms with E-state index >= 15 is 0 Å². The molecular formula is C23H28ClFN4O4. The Bertz CT molecular complexity index is 942. The monoisotopic (exact) mass is 478 g/mol. The van der Waals surface area contributed by atoms with Crippen LogP contribution in [-0.4, -0.2) is 84.8 Å². The van der Waals surface area contributed by atoms with Crippen LogP contribution in [0.2, 0.25) is 5.02 Å². The number of nitrogens with zero attached hydrogens (tertiary/aromatic N) is 2. The lowest BCUT2D eigenvalue weighted by molar-refractivity contribution is -0.0205. The van der Waals surface area contributed by atoms with E-state index in [4.69, 9.17) is 16.3 Å². The number of amides is 2. The molecule has 0 spiro atoms. The molecule has 8 nitrogen and oxygen atoms in total. The van der Waals surface area contributed by atoms with Crippen LogP contribution >= 0.6 is 11.6 Å². The van der Waals surface area contributed by atoms with Crippen molar-refractivity contribution in [2.75, 3.05) is 49.5 Å². The highest BCUT2D eigenvalue weighted by Gasteiger charge is 2.46. The van der Waals surface area contributed by atoms with Gasteiger partial charge in [0.15, 0.2) is 0 Å². The van der Waals surface area contributed by atoms with Crippen molar-refractivity contribution in [2.45, 2.75) is 24.4 Å². The van der Waals surface area contributed by atoms with Crippen LogP contribution in [0.3, 0.4) is 0 Å². The van der Waals surface area contributed by atoms with Gasteiger partial charge in [-0.1, -0.05) is 17.7 Å². The van der Waals surface area contributed by atoms with E-state index in [0.717, 1.165) is 5.69 Å². The lowest BCUT2D eigenvalue weighted by Gasteiger charge is -2.41. The molecule has 0 unspecified atom stereocenters. The Labute approximate surface area is 196 Å². The maximum atomic E-state index is 13.2. The average Bonchev–Trinajstić information content (AvgIpc) is 3.13. The number of benzene rings is 2. The number of nitrogens with one attached hydrogen (secondary N) is 2. The smallest absolute Gasteiger partial charge is 0.319 e. The fourth-order valence-electron chi connectivity index (χ4n) is 4.46. The molecule has 0 bridgehead atoms. The summed E-state index contributed by atoms with van der Waals surface area (Å²) in [7, 11) is 0. The molecule has 2 aromatic carbocycles. The van der Waals surface area contributed by atoms with E-state index in [1.54, 1.807) is 36.4 Å². The molecule has 2 saturated heterocycles. The summed E-state index contributed by atoms with van der Waals surface area (Å²) in [6.45, 7) is 2.58. The Balaban J connectivity index is 1.35. The van der Waals surface area contributed by atoms with Crippen LogP contribution in [-0.2, 0) is 4.74 Å². The number of piperazine rings is 1. The molecule has 10 heteroatoms. The molecule has 2 fully saturated rings. The number of aliphatic hydroxyl groups is 2. The van der Waals surface area contributed by atoms with Crippen molar-refractivity contribution in [3.8, 4) is 0 Å². The zero-order valence-corrected chi connectivity index (χ0v) is 18.8. The number of anilines is 2. The average molecular weight is 479 g/mol. The topological polar surface area (TPSA) is 97.3 Å². The van der Waals surface area contributed by atoms with E-state index in [1.807, 2.05) is 0 Å². The van der Waals surface area contributed by atoms with Crippen LogP contribution in [0.25, 0.3) is 0 Å². The van der Waals surface area contributed by atoms with Crippen molar-refractivity contribution in [1.29, 1.82) is 0 Å². The Morgan fingerprint density at radius 1 is 1.12 bits per heavy atom. The SMILES string of the molecule is O=C(NC[C@@H]1O[C@@H](CO)[C@@H](O)[C@H]1N1CCN(c2ccc(F)cc2)CC1)Nc1cccc(Cl)c1. The van der Waals surface area contributed by atoms with Gasteiger partial charge in [-0.3, -0.25) is 4.90 Å². The van der Waals surface area contributed by atoms with Gasteiger partial charge >= 0.3 is 6.03 Å². The van der Waals surface area contributed by atoms with Crippen molar-refractivity contribution < 1.29 is 24.1 Å². The molecule has 2 aliphatic rings. The van der Waals surface area contributed by atoms with Crippen molar-refractivity contribution in [1.82, 2.24) is 10.2 Å². The minimum Gasteiger partial charge on any atom is -0.394 e. The summed E-state index contributed by atoms with van der Waals surface area (Å²) in [6, 6.07) is 12.4. The third-order valence-electron chi connectivity index (χ3n) is 6.12. The highest BCUT2D eigenvalue weighted by Crippen LogP contribution is 2.28. The van der Waals surface area contributed by atoms with Crippen LogP contribution in [0.4, 0.5) is 20.6 Å². The van der Waals surface area contributed by atoms with Crippen LogP contribution in [0, 0.1) is 5.82 Å². The Hall–Kier alpha value is -2.43. The van der Waals surface area contributed by atoms with Crippen molar-refractivity contribution in [3.05, 3.63) is 59.4 Å².